The highest BCUT2D eigenvalue weighted by Crippen LogP contribution is 2.33. The first-order chi connectivity index (χ1) is 8.49. The van der Waals surface area contributed by atoms with Gasteiger partial charge in [0.25, 0.3) is 0 Å². The molecule has 0 amide bonds. The minimum Gasteiger partial charge on any atom is -0.207 e. The van der Waals surface area contributed by atoms with Crippen LogP contribution in [-0.4, -0.2) is 0 Å². The summed E-state index contributed by atoms with van der Waals surface area (Å²) >= 11 is 6.04. The number of aryl methyl sites for hydroxylation is 1. The van der Waals surface area contributed by atoms with Crippen molar-refractivity contribution in [2.24, 2.45) is 0 Å². The van der Waals surface area contributed by atoms with Gasteiger partial charge in [-0.3, -0.25) is 0 Å². The second kappa shape index (κ2) is 5.02. The molecule has 1 atom stereocenters. The molecule has 2 rings (SSSR count). The molecular weight excluding hydrogens is 261 g/mol. The van der Waals surface area contributed by atoms with Crippen molar-refractivity contribution in [1.29, 1.82) is 0 Å². The summed E-state index contributed by atoms with van der Waals surface area (Å²) in [6.07, 6.45) is 0. The highest BCUT2D eigenvalue weighted by molar-refractivity contribution is 6.22. The number of hydrogen-bond donors (Lipinski definition) is 0. The van der Waals surface area contributed by atoms with Crippen LogP contribution in [0.3, 0.4) is 0 Å². The summed E-state index contributed by atoms with van der Waals surface area (Å²) in [5.41, 5.74) is 1.25. The lowest BCUT2D eigenvalue weighted by Crippen LogP contribution is -2.02. The molecule has 0 N–H and O–H groups in total. The minimum absolute atomic E-state index is 0.332. The first-order valence-corrected chi connectivity index (χ1v) is 5.78. The van der Waals surface area contributed by atoms with E-state index in [1.165, 1.54) is 0 Å². The first kappa shape index (κ1) is 13.0. The molecule has 0 nitrogen and oxygen atoms in total. The van der Waals surface area contributed by atoms with Gasteiger partial charge in [-0.15, -0.1) is 11.6 Å². The van der Waals surface area contributed by atoms with Crippen LogP contribution in [0, 0.1) is 24.4 Å². The Morgan fingerprint density at radius 1 is 0.944 bits per heavy atom. The van der Waals surface area contributed by atoms with Crippen molar-refractivity contribution in [3.8, 4) is 0 Å². The number of rotatable bonds is 2. The second-order valence-corrected chi connectivity index (χ2v) is 4.49. The van der Waals surface area contributed by atoms with Gasteiger partial charge < -0.3 is 0 Å². The zero-order valence-electron chi connectivity index (χ0n) is 9.55. The lowest BCUT2D eigenvalue weighted by Gasteiger charge is -2.12. The largest absolute Gasteiger partial charge is 0.207 e. The van der Waals surface area contributed by atoms with Gasteiger partial charge in [0.2, 0.25) is 0 Å². The third-order valence-electron chi connectivity index (χ3n) is 2.67. The first-order valence-electron chi connectivity index (χ1n) is 5.34. The summed E-state index contributed by atoms with van der Waals surface area (Å²) in [7, 11) is 0. The molecule has 0 aliphatic carbocycles. The van der Waals surface area contributed by atoms with E-state index in [0.29, 0.717) is 17.7 Å². The smallest absolute Gasteiger partial charge is 0.134 e. The molecule has 0 heterocycles. The molecule has 1 unspecified atom stereocenters. The zero-order chi connectivity index (χ0) is 13.3. The summed E-state index contributed by atoms with van der Waals surface area (Å²) in [5.74, 6) is -2.91. The molecule has 4 heteroatoms. The zero-order valence-corrected chi connectivity index (χ0v) is 10.3. The number of alkyl halides is 1. The van der Waals surface area contributed by atoms with Crippen molar-refractivity contribution < 1.29 is 13.2 Å². The summed E-state index contributed by atoms with van der Waals surface area (Å²) in [6.45, 7) is 1.89. The minimum atomic E-state index is -0.980. The van der Waals surface area contributed by atoms with Crippen LogP contribution >= 0.6 is 11.6 Å². The summed E-state index contributed by atoms with van der Waals surface area (Å²) in [5, 5.41) is -0.980. The van der Waals surface area contributed by atoms with E-state index in [-0.39, 0.29) is 5.56 Å². The van der Waals surface area contributed by atoms with Crippen molar-refractivity contribution in [3.05, 3.63) is 70.5 Å². The van der Waals surface area contributed by atoms with Gasteiger partial charge in [-0.25, -0.2) is 13.2 Å². The Labute approximate surface area is 108 Å². The standard InChI is InChI=1S/C14H10ClF3/c1-8-2-4-9(5-3-8)14(15)13-11(17)6-10(16)7-12(13)18/h2-7,14H,1H3. The Morgan fingerprint density at radius 2 is 1.44 bits per heavy atom. The van der Waals surface area contributed by atoms with E-state index in [0.717, 1.165) is 5.56 Å². The van der Waals surface area contributed by atoms with E-state index in [2.05, 4.69) is 0 Å². The Bertz CT molecular complexity index is 541. The lowest BCUT2D eigenvalue weighted by molar-refractivity contribution is 0.526. The van der Waals surface area contributed by atoms with Crippen molar-refractivity contribution in [2.75, 3.05) is 0 Å². The van der Waals surface area contributed by atoms with Gasteiger partial charge in [0, 0.05) is 17.7 Å². The topological polar surface area (TPSA) is 0 Å². The van der Waals surface area contributed by atoms with Gasteiger partial charge in [-0.1, -0.05) is 29.8 Å². The maximum Gasteiger partial charge on any atom is 0.134 e. The summed E-state index contributed by atoms with van der Waals surface area (Å²) < 4.78 is 39.9. The predicted molar refractivity (Wildman–Crippen MR) is 65.2 cm³/mol. The third-order valence-corrected chi connectivity index (χ3v) is 3.14. The Kier molecular flexibility index (Phi) is 3.62. The van der Waals surface area contributed by atoms with E-state index in [1.54, 1.807) is 24.3 Å². The maximum atomic E-state index is 13.6. The monoisotopic (exact) mass is 270 g/mol. The van der Waals surface area contributed by atoms with E-state index in [9.17, 15) is 13.2 Å². The molecule has 0 aliphatic heterocycles. The van der Waals surface area contributed by atoms with Gasteiger partial charge in [0.1, 0.15) is 17.5 Å². The quantitative estimate of drug-likeness (QED) is 0.692. The van der Waals surface area contributed by atoms with Gasteiger partial charge in [0.15, 0.2) is 0 Å². The molecule has 2 aromatic rings. The fourth-order valence-corrected chi connectivity index (χ4v) is 2.05. The number of hydrogen-bond acceptors (Lipinski definition) is 0. The van der Waals surface area contributed by atoms with E-state index < -0.39 is 22.8 Å². The molecular formula is C14H10ClF3. The molecule has 18 heavy (non-hydrogen) atoms. The average molecular weight is 271 g/mol. The van der Waals surface area contributed by atoms with Gasteiger partial charge in [-0.2, -0.15) is 0 Å². The molecule has 0 radical (unpaired) electrons. The molecule has 0 fully saturated rings. The van der Waals surface area contributed by atoms with E-state index >= 15 is 0 Å². The average Bonchev–Trinajstić information content (AvgIpc) is 2.28. The molecule has 0 bridgehead atoms. The Hall–Kier alpha value is -1.48. The maximum absolute atomic E-state index is 13.6. The van der Waals surface area contributed by atoms with Crippen molar-refractivity contribution in [1.82, 2.24) is 0 Å². The molecule has 0 aromatic heterocycles. The Balaban J connectivity index is 2.46. The van der Waals surface area contributed by atoms with Crippen LogP contribution in [0.4, 0.5) is 13.2 Å². The van der Waals surface area contributed by atoms with Crippen molar-refractivity contribution in [3.63, 3.8) is 0 Å². The summed E-state index contributed by atoms with van der Waals surface area (Å²) in [4.78, 5) is 0. The molecule has 0 saturated heterocycles. The fourth-order valence-electron chi connectivity index (χ4n) is 1.70. The van der Waals surface area contributed by atoms with Gasteiger partial charge in [0.05, 0.1) is 5.38 Å². The third kappa shape index (κ3) is 2.51. The molecule has 0 spiro atoms. The van der Waals surface area contributed by atoms with Crippen LogP contribution in [0.15, 0.2) is 36.4 Å². The lowest BCUT2D eigenvalue weighted by atomic mass is 10.0. The highest BCUT2D eigenvalue weighted by Gasteiger charge is 2.20. The van der Waals surface area contributed by atoms with Crippen LogP contribution in [0.2, 0.25) is 0 Å². The van der Waals surface area contributed by atoms with E-state index in [1.807, 2.05) is 6.92 Å². The summed E-state index contributed by atoms with van der Waals surface area (Å²) in [6, 6.07) is 8.22. The van der Waals surface area contributed by atoms with Crippen LogP contribution in [0.1, 0.15) is 22.1 Å². The molecule has 2 aromatic carbocycles. The van der Waals surface area contributed by atoms with Gasteiger partial charge >= 0.3 is 0 Å². The van der Waals surface area contributed by atoms with Crippen molar-refractivity contribution >= 4 is 11.6 Å². The number of benzene rings is 2. The number of halogens is 4. The van der Waals surface area contributed by atoms with Crippen LogP contribution in [-0.2, 0) is 0 Å². The second-order valence-electron chi connectivity index (χ2n) is 4.06. The normalized spacial score (nSPS) is 12.5. The van der Waals surface area contributed by atoms with Gasteiger partial charge in [-0.05, 0) is 12.5 Å². The molecule has 94 valence electrons. The van der Waals surface area contributed by atoms with Crippen molar-refractivity contribution in [2.45, 2.75) is 12.3 Å². The fraction of sp³-hybridized carbons (Fsp3) is 0.143. The van der Waals surface area contributed by atoms with Crippen LogP contribution in [0.25, 0.3) is 0 Å². The molecule has 0 saturated carbocycles. The van der Waals surface area contributed by atoms with Crippen LogP contribution < -0.4 is 0 Å². The SMILES string of the molecule is Cc1ccc(C(Cl)c2c(F)cc(F)cc2F)cc1. The van der Waals surface area contributed by atoms with Crippen LogP contribution in [0.5, 0.6) is 0 Å². The highest BCUT2D eigenvalue weighted by atomic mass is 35.5. The molecule has 0 aliphatic rings. The Morgan fingerprint density at radius 3 is 1.94 bits per heavy atom. The predicted octanol–water partition coefficient (Wildman–Crippen LogP) is 4.74. The van der Waals surface area contributed by atoms with E-state index in [4.69, 9.17) is 11.6 Å².